The van der Waals surface area contributed by atoms with Gasteiger partial charge in [0.15, 0.2) is 0 Å². The van der Waals surface area contributed by atoms with E-state index in [1.807, 2.05) is 0 Å². The molecule has 0 spiro atoms. The molecule has 3 N–H and O–H groups in total. The lowest BCUT2D eigenvalue weighted by atomic mass is 9.86. The van der Waals surface area contributed by atoms with Crippen molar-refractivity contribution in [3.63, 3.8) is 0 Å². The van der Waals surface area contributed by atoms with E-state index in [1.165, 1.54) is 51.4 Å². The van der Waals surface area contributed by atoms with E-state index in [2.05, 4.69) is 10.2 Å². The molecule has 1 amide bonds. The van der Waals surface area contributed by atoms with Crippen LogP contribution in [0.5, 0.6) is 5.75 Å². The van der Waals surface area contributed by atoms with Gasteiger partial charge in [-0.15, -0.1) is 0 Å². The number of nitrogens with zero attached hydrogens (tertiary/aromatic N) is 1. The summed E-state index contributed by atoms with van der Waals surface area (Å²) in [7, 11) is 1.55. The topological polar surface area (TPSA) is 67.6 Å². The summed E-state index contributed by atoms with van der Waals surface area (Å²) in [5, 5.41) is 3.79. The number of carbonyl (C=O) groups is 1. The minimum atomic E-state index is -0.226. The van der Waals surface area contributed by atoms with E-state index in [0.717, 1.165) is 25.3 Å². The fourth-order valence-electron chi connectivity index (χ4n) is 5.62. The average Bonchev–Trinajstić information content (AvgIpc) is 2.88. The summed E-state index contributed by atoms with van der Waals surface area (Å²) in [6.45, 7) is 1.12. The first-order chi connectivity index (χ1) is 13.5. The Bertz CT molecular complexity index is 731. The van der Waals surface area contributed by atoms with Crippen LogP contribution in [0, 0.1) is 5.92 Å². The van der Waals surface area contributed by atoms with Crippen LogP contribution >= 0.6 is 11.6 Å². The number of amides is 1. The number of anilines is 1. The number of rotatable bonds is 5. The van der Waals surface area contributed by atoms with Gasteiger partial charge in [0.1, 0.15) is 5.75 Å². The van der Waals surface area contributed by atoms with Gasteiger partial charge < -0.3 is 15.8 Å². The molecule has 0 aromatic heterocycles. The Morgan fingerprint density at radius 3 is 2.75 bits per heavy atom. The molecule has 2 bridgehead atoms. The quantitative estimate of drug-likeness (QED) is 0.703. The highest BCUT2D eigenvalue weighted by atomic mass is 35.5. The SMILES string of the molecule is COc1cc(N)c(Cl)cc1C(=O)NC12CCCC(CC1)N2CC1CCCCC1. The van der Waals surface area contributed by atoms with E-state index in [4.69, 9.17) is 22.1 Å². The number of hydrogen-bond donors (Lipinski definition) is 2. The Morgan fingerprint density at radius 1 is 1.21 bits per heavy atom. The van der Waals surface area contributed by atoms with Crippen molar-refractivity contribution in [3.05, 3.63) is 22.7 Å². The maximum absolute atomic E-state index is 13.3. The van der Waals surface area contributed by atoms with E-state index in [-0.39, 0.29) is 11.6 Å². The van der Waals surface area contributed by atoms with Gasteiger partial charge in [-0.1, -0.05) is 30.9 Å². The summed E-state index contributed by atoms with van der Waals surface area (Å²) in [6, 6.07) is 3.86. The number of ether oxygens (including phenoxy) is 1. The zero-order valence-electron chi connectivity index (χ0n) is 16.8. The Hall–Kier alpha value is -1.46. The van der Waals surface area contributed by atoms with Gasteiger partial charge in [-0.3, -0.25) is 9.69 Å². The van der Waals surface area contributed by atoms with Crippen molar-refractivity contribution in [3.8, 4) is 5.75 Å². The number of hydrogen-bond acceptors (Lipinski definition) is 4. The minimum Gasteiger partial charge on any atom is -0.496 e. The molecule has 2 heterocycles. The van der Waals surface area contributed by atoms with Crippen molar-refractivity contribution in [1.29, 1.82) is 0 Å². The van der Waals surface area contributed by atoms with Gasteiger partial charge in [0.05, 0.1) is 29.0 Å². The lowest BCUT2D eigenvalue weighted by molar-refractivity contribution is 0.00938. The Labute approximate surface area is 172 Å². The number of nitrogens with one attached hydrogen (secondary N) is 1. The highest BCUT2D eigenvalue weighted by molar-refractivity contribution is 6.33. The normalized spacial score (nSPS) is 28.3. The molecule has 1 saturated carbocycles. The fraction of sp³-hybridized carbons (Fsp3) is 0.682. The third kappa shape index (κ3) is 3.71. The third-order valence-electron chi connectivity index (χ3n) is 7.10. The van der Waals surface area contributed by atoms with Crippen LogP contribution in [0.15, 0.2) is 12.1 Å². The highest BCUT2D eigenvalue weighted by Crippen LogP contribution is 2.44. The highest BCUT2D eigenvalue weighted by Gasteiger charge is 2.50. The van der Waals surface area contributed by atoms with Crippen LogP contribution in [-0.2, 0) is 0 Å². The van der Waals surface area contributed by atoms with Crippen LogP contribution < -0.4 is 15.8 Å². The maximum atomic E-state index is 13.3. The molecule has 154 valence electrons. The summed E-state index contributed by atoms with van der Waals surface area (Å²) < 4.78 is 5.40. The molecule has 5 nitrogen and oxygen atoms in total. The van der Waals surface area contributed by atoms with Crippen molar-refractivity contribution >= 4 is 23.2 Å². The number of fused-ring (bicyclic) bond motifs is 2. The van der Waals surface area contributed by atoms with E-state index in [1.54, 1.807) is 19.2 Å². The van der Waals surface area contributed by atoms with Crippen LogP contribution in [-0.4, -0.2) is 36.2 Å². The van der Waals surface area contributed by atoms with Crippen LogP contribution in [0.1, 0.15) is 74.6 Å². The minimum absolute atomic E-state index is 0.116. The lowest BCUT2D eigenvalue weighted by Gasteiger charge is -2.47. The van der Waals surface area contributed by atoms with Crippen molar-refractivity contribution < 1.29 is 9.53 Å². The second-order valence-electron chi connectivity index (χ2n) is 8.80. The Morgan fingerprint density at radius 2 is 2.00 bits per heavy atom. The summed E-state index contributed by atoms with van der Waals surface area (Å²) in [5.74, 6) is 1.12. The Kier molecular flexibility index (Phi) is 5.75. The predicted octanol–water partition coefficient (Wildman–Crippen LogP) is 4.59. The summed E-state index contributed by atoms with van der Waals surface area (Å²) in [4.78, 5) is 15.9. The van der Waals surface area contributed by atoms with Crippen LogP contribution in [0.3, 0.4) is 0 Å². The second-order valence-corrected chi connectivity index (χ2v) is 9.21. The summed E-state index contributed by atoms with van der Waals surface area (Å²) in [6.07, 6.45) is 12.4. The van der Waals surface area contributed by atoms with Crippen LogP contribution in [0.4, 0.5) is 5.69 Å². The molecule has 1 aromatic carbocycles. The molecule has 2 aliphatic heterocycles. The summed E-state index contributed by atoms with van der Waals surface area (Å²) >= 11 is 6.19. The monoisotopic (exact) mass is 405 g/mol. The van der Waals surface area contributed by atoms with Gasteiger partial charge in [-0.05, 0) is 56.9 Å². The number of methoxy groups -OCH3 is 1. The van der Waals surface area contributed by atoms with E-state index in [9.17, 15) is 4.79 Å². The van der Waals surface area contributed by atoms with Crippen molar-refractivity contribution in [2.45, 2.75) is 75.9 Å². The molecule has 1 aromatic rings. The number of benzene rings is 1. The zero-order chi connectivity index (χ0) is 19.7. The predicted molar refractivity (Wildman–Crippen MR) is 113 cm³/mol. The van der Waals surface area contributed by atoms with Crippen LogP contribution in [0.2, 0.25) is 5.02 Å². The largest absolute Gasteiger partial charge is 0.496 e. The van der Waals surface area contributed by atoms with Crippen LogP contribution in [0.25, 0.3) is 0 Å². The lowest BCUT2D eigenvalue weighted by Crippen LogP contribution is -2.61. The first-order valence-corrected chi connectivity index (χ1v) is 11.1. The van der Waals surface area contributed by atoms with E-state index in [0.29, 0.717) is 28.1 Å². The standard InChI is InChI=1S/C22H32ClN3O2/c1-28-20-13-19(24)18(23)12-17(20)21(27)25-22-10-5-8-16(9-11-22)26(22)14-15-6-3-2-4-7-15/h12-13,15-16H,2-11,14,24H2,1H3,(H,25,27). The molecule has 2 saturated heterocycles. The van der Waals surface area contributed by atoms with Gasteiger partial charge in [0.2, 0.25) is 0 Å². The molecule has 6 heteroatoms. The van der Waals surface area contributed by atoms with Gasteiger partial charge >= 0.3 is 0 Å². The number of carbonyl (C=O) groups excluding carboxylic acids is 1. The first kappa shape index (κ1) is 19.8. The summed E-state index contributed by atoms with van der Waals surface area (Å²) in [5.41, 5.74) is 6.54. The van der Waals surface area contributed by atoms with Crippen molar-refractivity contribution in [2.75, 3.05) is 19.4 Å². The molecule has 1 aliphatic carbocycles. The number of nitrogens with two attached hydrogens (primary N) is 1. The molecule has 2 unspecified atom stereocenters. The second kappa shape index (κ2) is 8.11. The van der Waals surface area contributed by atoms with Gasteiger partial charge in [0, 0.05) is 18.7 Å². The smallest absolute Gasteiger partial charge is 0.256 e. The molecule has 2 atom stereocenters. The first-order valence-electron chi connectivity index (χ1n) is 10.7. The zero-order valence-corrected chi connectivity index (χ0v) is 17.6. The molecule has 3 aliphatic rings. The number of halogens is 1. The molecule has 3 fully saturated rings. The Balaban J connectivity index is 1.56. The van der Waals surface area contributed by atoms with E-state index < -0.39 is 0 Å². The molecule has 4 rings (SSSR count). The molecule has 0 radical (unpaired) electrons. The molecule has 28 heavy (non-hydrogen) atoms. The van der Waals surface area contributed by atoms with Gasteiger partial charge in [-0.25, -0.2) is 0 Å². The fourth-order valence-corrected chi connectivity index (χ4v) is 5.78. The van der Waals surface area contributed by atoms with Crippen molar-refractivity contribution in [1.82, 2.24) is 10.2 Å². The van der Waals surface area contributed by atoms with E-state index >= 15 is 0 Å². The van der Waals surface area contributed by atoms with Gasteiger partial charge in [0.25, 0.3) is 5.91 Å². The molecular formula is C22H32ClN3O2. The average molecular weight is 406 g/mol. The number of nitrogen functional groups attached to an aromatic ring is 1. The van der Waals surface area contributed by atoms with Gasteiger partial charge in [-0.2, -0.15) is 0 Å². The van der Waals surface area contributed by atoms with Crippen molar-refractivity contribution in [2.24, 2.45) is 5.92 Å². The molecular weight excluding hydrogens is 374 g/mol. The maximum Gasteiger partial charge on any atom is 0.256 e. The number of piperidine rings is 1. The third-order valence-corrected chi connectivity index (χ3v) is 7.43.